The Kier molecular flexibility index (Phi) is 4.89. The second kappa shape index (κ2) is 6.69. The normalized spacial score (nSPS) is 13.5. The van der Waals surface area contributed by atoms with Crippen LogP contribution in [-0.4, -0.2) is 32.9 Å². The fraction of sp³-hybridized carbons (Fsp3) is 0.286. The predicted molar refractivity (Wildman–Crippen MR) is 85.8 cm³/mol. The molecule has 2 rings (SSSR count). The van der Waals surface area contributed by atoms with Crippen LogP contribution in [0.4, 0.5) is 0 Å². The molecule has 0 bridgehead atoms. The minimum atomic E-state index is -1.04. The molecule has 2 atom stereocenters. The third-order valence-electron chi connectivity index (χ3n) is 3.06. The van der Waals surface area contributed by atoms with E-state index in [2.05, 4.69) is 4.98 Å². The third-order valence-corrected chi connectivity index (χ3v) is 4.11. The van der Waals surface area contributed by atoms with E-state index in [4.69, 9.17) is 16.3 Å². The van der Waals surface area contributed by atoms with Gasteiger partial charge in [-0.15, -0.1) is 4.73 Å². The molecule has 0 aliphatic rings. The Balaban J connectivity index is 2.59. The van der Waals surface area contributed by atoms with Crippen molar-refractivity contribution in [1.29, 1.82) is 0 Å². The molecule has 0 saturated carbocycles. The van der Waals surface area contributed by atoms with Gasteiger partial charge in [0.05, 0.1) is 16.2 Å². The van der Waals surface area contributed by atoms with E-state index < -0.39 is 28.7 Å². The summed E-state index contributed by atoms with van der Waals surface area (Å²) in [5, 5.41) is -0.199. The molecule has 9 heteroatoms. The molecule has 0 spiro atoms. The number of hydrogen-bond acceptors (Lipinski definition) is 6. The van der Waals surface area contributed by atoms with Crippen molar-refractivity contribution in [1.82, 2.24) is 9.71 Å². The van der Waals surface area contributed by atoms with E-state index in [0.29, 0.717) is 10.9 Å². The second-order valence-electron chi connectivity index (χ2n) is 4.82. The van der Waals surface area contributed by atoms with Crippen molar-refractivity contribution in [3.05, 3.63) is 34.6 Å². The first-order valence-electron chi connectivity index (χ1n) is 6.75. The summed E-state index contributed by atoms with van der Waals surface area (Å²) in [7, 11) is 0. The fourth-order valence-electron chi connectivity index (χ4n) is 1.69. The first-order valence-corrected chi connectivity index (χ1v) is 7.63. The maximum absolute atomic E-state index is 12.6. The van der Waals surface area contributed by atoms with Crippen LogP contribution in [-0.2, 0) is 9.59 Å². The molecule has 122 valence electrons. The van der Waals surface area contributed by atoms with Crippen molar-refractivity contribution in [2.75, 3.05) is 0 Å². The predicted octanol–water partition coefficient (Wildman–Crippen LogP) is -0.335. The van der Waals surface area contributed by atoms with E-state index in [9.17, 15) is 14.4 Å². The highest BCUT2D eigenvalue weighted by Crippen LogP contribution is 2.21. The van der Waals surface area contributed by atoms with Crippen LogP contribution in [0.5, 0.6) is 0 Å². The molecule has 1 heterocycles. The molecule has 2 aromatic rings. The molecular weight excluding hydrogens is 320 g/mol. The van der Waals surface area contributed by atoms with E-state index >= 15 is 0 Å². The Bertz CT molecular complexity index is 820. The molecule has 0 fully saturated rings. The average molecular weight is 336 g/mol. The molecule has 2 amide bonds. The standard InChI is InChI=1S/C14H16N4O4S/c1-7(11(15)19)22-18-13(21)9-5-3-4-6-10(9)17-14(18)23-8(2)12(16)20/h3-8H,1-2H3,(H2,15,19)(H2,16,20)/t7-,8-/m1/s1. The number of rotatable bonds is 6. The van der Waals surface area contributed by atoms with Crippen LogP contribution in [0.25, 0.3) is 10.9 Å². The van der Waals surface area contributed by atoms with Gasteiger partial charge in [0.1, 0.15) is 0 Å². The van der Waals surface area contributed by atoms with Crippen LogP contribution in [0.15, 0.2) is 34.2 Å². The number of carbonyl (C=O) groups excluding carboxylic acids is 2. The maximum Gasteiger partial charge on any atom is 0.295 e. The Morgan fingerprint density at radius 3 is 2.48 bits per heavy atom. The monoisotopic (exact) mass is 336 g/mol. The van der Waals surface area contributed by atoms with Crippen LogP contribution in [0.2, 0.25) is 0 Å². The number of nitrogens with two attached hydrogens (primary N) is 2. The molecule has 0 radical (unpaired) electrons. The number of aromatic nitrogens is 2. The maximum atomic E-state index is 12.6. The second-order valence-corrected chi connectivity index (χ2v) is 6.13. The molecule has 0 aliphatic heterocycles. The van der Waals surface area contributed by atoms with Gasteiger partial charge in [-0.1, -0.05) is 23.9 Å². The molecule has 23 heavy (non-hydrogen) atoms. The quantitative estimate of drug-likeness (QED) is 0.548. The van der Waals surface area contributed by atoms with Gasteiger partial charge < -0.3 is 16.3 Å². The summed E-state index contributed by atoms with van der Waals surface area (Å²) in [5.41, 5.74) is 10.4. The number of amides is 2. The smallest absolute Gasteiger partial charge is 0.295 e. The van der Waals surface area contributed by atoms with Gasteiger partial charge in [0.25, 0.3) is 11.5 Å². The lowest BCUT2D eigenvalue weighted by Gasteiger charge is -2.17. The van der Waals surface area contributed by atoms with Gasteiger partial charge in [0, 0.05) is 0 Å². The topological polar surface area (TPSA) is 130 Å². The summed E-state index contributed by atoms with van der Waals surface area (Å²) >= 11 is 0.961. The summed E-state index contributed by atoms with van der Waals surface area (Å²) in [5.74, 6) is -1.30. The van der Waals surface area contributed by atoms with E-state index in [1.165, 1.54) is 6.92 Å². The van der Waals surface area contributed by atoms with Crippen molar-refractivity contribution >= 4 is 34.5 Å². The van der Waals surface area contributed by atoms with Crippen molar-refractivity contribution in [3.63, 3.8) is 0 Å². The van der Waals surface area contributed by atoms with Crippen molar-refractivity contribution < 1.29 is 14.4 Å². The minimum Gasteiger partial charge on any atom is -0.395 e. The highest BCUT2D eigenvalue weighted by Gasteiger charge is 2.21. The zero-order valence-corrected chi connectivity index (χ0v) is 13.4. The van der Waals surface area contributed by atoms with Crippen LogP contribution < -0.4 is 21.9 Å². The van der Waals surface area contributed by atoms with E-state index in [-0.39, 0.29) is 5.16 Å². The molecule has 1 aromatic carbocycles. The zero-order valence-electron chi connectivity index (χ0n) is 12.6. The van der Waals surface area contributed by atoms with Gasteiger partial charge in [-0.3, -0.25) is 14.4 Å². The number of primary amides is 2. The Morgan fingerprint density at radius 1 is 1.22 bits per heavy atom. The number of carbonyl (C=O) groups is 2. The summed E-state index contributed by atoms with van der Waals surface area (Å²) < 4.78 is 0.877. The van der Waals surface area contributed by atoms with Crippen LogP contribution >= 0.6 is 11.8 Å². The van der Waals surface area contributed by atoms with Crippen molar-refractivity contribution in [3.8, 4) is 0 Å². The highest BCUT2D eigenvalue weighted by atomic mass is 32.2. The van der Waals surface area contributed by atoms with Gasteiger partial charge in [0.2, 0.25) is 11.1 Å². The lowest BCUT2D eigenvalue weighted by molar-refractivity contribution is -0.129. The lowest BCUT2D eigenvalue weighted by Crippen LogP contribution is -2.41. The zero-order chi connectivity index (χ0) is 17.1. The summed E-state index contributed by atoms with van der Waals surface area (Å²) in [4.78, 5) is 44.7. The van der Waals surface area contributed by atoms with Gasteiger partial charge >= 0.3 is 0 Å². The third kappa shape index (κ3) is 3.62. The summed E-state index contributed by atoms with van der Waals surface area (Å²) in [6.45, 7) is 2.99. The van der Waals surface area contributed by atoms with Gasteiger partial charge in [-0.2, -0.15) is 0 Å². The molecule has 4 N–H and O–H groups in total. The van der Waals surface area contributed by atoms with Crippen LogP contribution in [0.3, 0.4) is 0 Å². The SMILES string of the molecule is C[C@@H](On1c(S[C@H](C)C(N)=O)nc2ccccc2c1=O)C(N)=O. The van der Waals surface area contributed by atoms with Crippen LogP contribution in [0.1, 0.15) is 13.8 Å². The number of hydrogen-bond donors (Lipinski definition) is 2. The lowest BCUT2D eigenvalue weighted by atomic mass is 10.2. The van der Waals surface area contributed by atoms with Crippen LogP contribution in [0, 0.1) is 0 Å². The Hall–Kier alpha value is -2.55. The molecule has 0 aliphatic carbocycles. The number of para-hydroxylation sites is 1. The molecule has 8 nitrogen and oxygen atoms in total. The molecule has 1 aromatic heterocycles. The van der Waals surface area contributed by atoms with Gasteiger partial charge in [-0.25, -0.2) is 4.98 Å². The Morgan fingerprint density at radius 2 is 1.87 bits per heavy atom. The molecule has 0 saturated heterocycles. The van der Waals surface area contributed by atoms with Crippen molar-refractivity contribution in [2.45, 2.75) is 30.4 Å². The summed E-state index contributed by atoms with van der Waals surface area (Å²) in [6, 6.07) is 6.67. The van der Waals surface area contributed by atoms with E-state index in [1.54, 1.807) is 31.2 Å². The van der Waals surface area contributed by atoms with Gasteiger partial charge in [0.15, 0.2) is 6.10 Å². The first-order chi connectivity index (χ1) is 10.8. The van der Waals surface area contributed by atoms with E-state index in [1.807, 2.05) is 0 Å². The van der Waals surface area contributed by atoms with Crippen molar-refractivity contribution in [2.24, 2.45) is 11.5 Å². The minimum absolute atomic E-state index is 0.119. The number of benzene rings is 1. The molecular formula is C14H16N4O4S. The molecule has 0 unspecified atom stereocenters. The highest BCUT2D eigenvalue weighted by molar-refractivity contribution is 8.00. The largest absolute Gasteiger partial charge is 0.395 e. The number of nitrogens with zero attached hydrogens (tertiary/aromatic N) is 2. The summed E-state index contributed by atoms with van der Waals surface area (Å²) in [6.07, 6.45) is -1.04. The van der Waals surface area contributed by atoms with Gasteiger partial charge in [-0.05, 0) is 26.0 Å². The first kappa shape index (κ1) is 16.8. The number of thioether (sulfide) groups is 1. The number of fused-ring (bicyclic) bond motifs is 1. The fourth-order valence-corrected chi connectivity index (χ4v) is 2.50. The van der Waals surface area contributed by atoms with E-state index in [0.717, 1.165) is 16.5 Å². The average Bonchev–Trinajstić information content (AvgIpc) is 2.50. The Labute approximate surface area is 135 Å².